The Labute approximate surface area is 122 Å². The number of nitrogens with two attached hydrogens (primary N) is 1. The molecule has 1 aliphatic rings. The zero-order valence-corrected chi connectivity index (χ0v) is 12.4. The molecule has 21 heavy (non-hydrogen) atoms. The summed E-state index contributed by atoms with van der Waals surface area (Å²) in [5.74, 6) is 0.370. The molecule has 2 rings (SSSR count). The summed E-state index contributed by atoms with van der Waals surface area (Å²) in [6.07, 6.45) is 0.972. The highest BCUT2D eigenvalue weighted by Crippen LogP contribution is 2.30. The van der Waals surface area contributed by atoms with Gasteiger partial charge in [0.2, 0.25) is 10.0 Å². The monoisotopic (exact) mass is 315 g/mol. The number of likely N-dealkylation sites (tertiary alicyclic amines) is 1. The van der Waals surface area contributed by atoms with E-state index in [9.17, 15) is 18.5 Å². The summed E-state index contributed by atoms with van der Waals surface area (Å²) in [4.78, 5) is 12.2. The van der Waals surface area contributed by atoms with Crippen LogP contribution in [0.2, 0.25) is 0 Å². The van der Waals surface area contributed by atoms with E-state index >= 15 is 0 Å². The number of hydrogen-bond acceptors (Lipinski definition) is 6. The van der Waals surface area contributed by atoms with E-state index in [4.69, 9.17) is 9.88 Å². The van der Waals surface area contributed by atoms with Gasteiger partial charge in [0, 0.05) is 18.5 Å². The third-order valence-corrected chi connectivity index (χ3v) is 4.33. The molecule has 1 heterocycles. The second kappa shape index (κ2) is 5.96. The summed E-state index contributed by atoms with van der Waals surface area (Å²) >= 11 is 0. The molecule has 0 saturated carbocycles. The van der Waals surface area contributed by atoms with Gasteiger partial charge in [-0.25, -0.2) is 13.6 Å². The number of hydrogen-bond donors (Lipinski definition) is 1. The molecular weight excluding hydrogens is 298 g/mol. The van der Waals surface area contributed by atoms with Crippen LogP contribution in [0.5, 0.6) is 5.75 Å². The maximum Gasteiger partial charge on any atom is 0.312 e. The van der Waals surface area contributed by atoms with E-state index in [2.05, 4.69) is 4.90 Å². The number of nitrogens with zero attached hydrogens (tertiary/aromatic N) is 2. The van der Waals surface area contributed by atoms with Gasteiger partial charge in [-0.1, -0.05) is 0 Å². The summed E-state index contributed by atoms with van der Waals surface area (Å²) in [5.41, 5.74) is -0.395. The summed E-state index contributed by atoms with van der Waals surface area (Å²) in [6, 6.07) is 3.40. The number of nitro groups is 1. The lowest BCUT2D eigenvalue weighted by atomic mass is 10.1. The van der Waals surface area contributed by atoms with Crippen molar-refractivity contribution < 1.29 is 18.1 Å². The predicted octanol–water partition coefficient (Wildman–Crippen LogP) is 0.573. The fourth-order valence-electron chi connectivity index (χ4n) is 2.31. The van der Waals surface area contributed by atoms with Crippen LogP contribution in [0.3, 0.4) is 0 Å². The Morgan fingerprint density at radius 1 is 1.52 bits per heavy atom. The number of ether oxygens (including phenoxy) is 1. The molecule has 9 heteroatoms. The molecule has 1 unspecified atom stereocenters. The van der Waals surface area contributed by atoms with Gasteiger partial charge in [-0.3, -0.25) is 10.1 Å². The molecule has 1 atom stereocenters. The molecule has 1 aliphatic heterocycles. The molecule has 1 aromatic rings. The van der Waals surface area contributed by atoms with Gasteiger partial charge in [-0.05, 0) is 32.1 Å². The van der Waals surface area contributed by atoms with Crippen molar-refractivity contribution in [1.82, 2.24) is 4.90 Å². The van der Waals surface area contributed by atoms with Crippen LogP contribution >= 0.6 is 0 Å². The van der Waals surface area contributed by atoms with Crippen molar-refractivity contribution in [2.45, 2.75) is 11.3 Å². The maximum absolute atomic E-state index is 11.2. The van der Waals surface area contributed by atoms with E-state index in [1.54, 1.807) is 0 Å². The van der Waals surface area contributed by atoms with Crippen LogP contribution < -0.4 is 9.88 Å². The summed E-state index contributed by atoms with van der Waals surface area (Å²) in [5, 5.41) is 16.0. The number of sulfonamides is 1. The topological polar surface area (TPSA) is 116 Å². The minimum Gasteiger partial charge on any atom is -0.486 e. The summed E-state index contributed by atoms with van der Waals surface area (Å²) < 4.78 is 28.0. The Kier molecular flexibility index (Phi) is 4.45. The van der Waals surface area contributed by atoms with Crippen molar-refractivity contribution in [3.63, 3.8) is 0 Å². The third-order valence-electron chi connectivity index (χ3n) is 3.42. The van der Waals surface area contributed by atoms with E-state index in [1.165, 1.54) is 12.1 Å². The van der Waals surface area contributed by atoms with Crippen LogP contribution in [0.15, 0.2) is 23.1 Å². The van der Waals surface area contributed by atoms with Crippen molar-refractivity contribution in [2.24, 2.45) is 11.1 Å². The van der Waals surface area contributed by atoms with Crippen molar-refractivity contribution in [3.8, 4) is 5.75 Å². The SMILES string of the molecule is CN1CCC(COc2ccc(S(N)(=O)=O)cc2[N+](=O)[O-])C1. The van der Waals surface area contributed by atoms with Gasteiger partial charge in [0.1, 0.15) is 0 Å². The smallest absolute Gasteiger partial charge is 0.312 e. The number of primary sulfonamides is 1. The second-order valence-electron chi connectivity index (χ2n) is 5.16. The Hall–Kier alpha value is -1.71. The molecule has 2 N–H and O–H groups in total. The van der Waals surface area contributed by atoms with Crippen molar-refractivity contribution >= 4 is 15.7 Å². The molecule has 1 saturated heterocycles. The average molecular weight is 315 g/mol. The molecule has 0 aromatic heterocycles. The lowest BCUT2D eigenvalue weighted by molar-refractivity contribution is -0.386. The van der Waals surface area contributed by atoms with Gasteiger partial charge in [0.15, 0.2) is 5.75 Å². The molecule has 0 radical (unpaired) electrons. The molecule has 8 nitrogen and oxygen atoms in total. The first-order valence-electron chi connectivity index (χ1n) is 6.40. The lowest BCUT2D eigenvalue weighted by Gasteiger charge is -2.12. The zero-order valence-electron chi connectivity index (χ0n) is 11.6. The highest BCUT2D eigenvalue weighted by Gasteiger charge is 2.23. The van der Waals surface area contributed by atoms with Crippen molar-refractivity contribution in [2.75, 3.05) is 26.7 Å². The third kappa shape index (κ3) is 3.90. The number of rotatable bonds is 5. The highest BCUT2D eigenvalue weighted by atomic mass is 32.2. The van der Waals surface area contributed by atoms with Crippen LogP contribution in [0.1, 0.15) is 6.42 Å². The Morgan fingerprint density at radius 2 is 2.24 bits per heavy atom. The van der Waals surface area contributed by atoms with E-state index in [0.29, 0.717) is 12.5 Å². The van der Waals surface area contributed by atoms with E-state index in [0.717, 1.165) is 25.6 Å². The molecule has 1 aromatic carbocycles. The lowest BCUT2D eigenvalue weighted by Crippen LogP contribution is -2.18. The first-order valence-corrected chi connectivity index (χ1v) is 7.94. The van der Waals surface area contributed by atoms with Crippen LogP contribution in [0, 0.1) is 16.0 Å². The van der Waals surface area contributed by atoms with Crippen LogP contribution in [0.4, 0.5) is 5.69 Å². The van der Waals surface area contributed by atoms with Crippen LogP contribution in [0.25, 0.3) is 0 Å². The quantitative estimate of drug-likeness (QED) is 0.627. The van der Waals surface area contributed by atoms with Crippen LogP contribution in [-0.4, -0.2) is 45.0 Å². The molecule has 0 aliphatic carbocycles. The molecule has 0 bridgehead atoms. The average Bonchev–Trinajstić information content (AvgIpc) is 2.80. The molecule has 0 spiro atoms. The van der Waals surface area contributed by atoms with Gasteiger partial charge in [-0.2, -0.15) is 0 Å². The minimum absolute atomic E-state index is 0.0574. The van der Waals surface area contributed by atoms with Crippen LogP contribution in [-0.2, 0) is 10.0 Å². The van der Waals surface area contributed by atoms with Gasteiger partial charge in [0.05, 0.1) is 16.4 Å². The second-order valence-corrected chi connectivity index (χ2v) is 6.72. The number of benzene rings is 1. The highest BCUT2D eigenvalue weighted by molar-refractivity contribution is 7.89. The molecular formula is C12H17N3O5S. The first kappa shape index (κ1) is 15.7. The normalized spacial score (nSPS) is 19.6. The van der Waals surface area contributed by atoms with Crippen molar-refractivity contribution in [3.05, 3.63) is 28.3 Å². The minimum atomic E-state index is -3.98. The summed E-state index contributed by atoms with van der Waals surface area (Å²) in [6.45, 7) is 2.21. The molecule has 1 fully saturated rings. The first-order chi connectivity index (χ1) is 9.77. The standard InChI is InChI=1S/C12H17N3O5S/c1-14-5-4-9(7-14)8-20-12-3-2-10(21(13,18)19)6-11(12)15(16)17/h2-3,6,9H,4-5,7-8H2,1H3,(H2,13,18,19). The van der Waals surface area contributed by atoms with Gasteiger partial charge >= 0.3 is 5.69 Å². The molecule has 0 amide bonds. The van der Waals surface area contributed by atoms with Gasteiger partial charge < -0.3 is 9.64 Å². The molecule has 116 valence electrons. The maximum atomic E-state index is 11.2. The van der Waals surface area contributed by atoms with E-state index < -0.39 is 20.6 Å². The Balaban J connectivity index is 2.17. The van der Waals surface area contributed by atoms with E-state index in [-0.39, 0.29) is 10.6 Å². The predicted molar refractivity (Wildman–Crippen MR) is 75.6 cm³/mol. The Morgan fingerprint density at radius 3 is 2.76 bits per heavy atom. The van der Waals surface area contributed by atoms with Gasteiger partial charge in [0.25, 0.3) is 0 Å². The number of nitro benzene ring substituents is 1. The fraction of sp³-hybridized carbons (Fsp3) is 0.500. The summed E-state index contributed by atoms with van der Waals surface area (Å²) in [7, 11) is -1.98. The largest absolute Gasteiger partial charge is 0.486 e. The van der Waals surface area contributed by atoms with Crippen molar-refractivity contribution in [1.29, 1.82) is 0 Å². The fourth-order valence-corrected chi connectivity index (χ4v) is 2.84. The van der Waals surface area contributed by atoms with E-state index in [1.807, 2.05) is 7.05 Å². The Bertz CT molecular complexity index is 646. The van der Waals surface area contributed by atoms with Gasteiger partial charge in [-0.15, -0.1) is 0 Å². The zero-order chi connectivity index (χ0) is 15.6.